The minimum absolute atomic E-state index is 0.00115. The zero-order chi connectivity index (χ0) is 13.2. The van der Waals surface area contributed by atoms with Crippen molar-refractivity contribution in [3.8, 4) is 5.75 Å². The molecule has 18 heavy (non-hydrogen) atoms. The monoisotopic (exact) mass is 272 g/mol. The van der Waals surface area contributed by atoms with E-state index in [0.717, 1.165) is 12.8 Å². The number of nitrogen functional groups attached to an aromatic ring is 1. The molecule has 1 saturated heterocycles. The highest BCUT2D eigenvalue weighted by Crippen LogP contribution is 2.27. The number of anilines is 1. The molecule has 1 aliphatic rings. The normalized spacial score (nSPS) is 17.6. The van der Waals surface area contributed by atoms with Crippen LogP contribution in [0.5, 0.6) is 5.75 Å². The minimum atomic E-state index is -3.74. The van der Waals surface area contributed by atoms with Gasteiger partial charge in [-0.25, -0.2) is 13.6 Å². The number of benzene rings is 1. The van der Waals surface area contributed by atoms with Crippen LogP contribution in [-0.2, 0) is 14.8 Å². The summed E-state index contributed by atoms with van der Waals surface area (Å²) in [4.78, 5) is -0.00115. The van der Waals surface area contributed by atoms with E-state index in [0.29, 0.717) is 24.7 Å². The molecule has 1 aliphatic heterocycles. The van der Waals surface area contributed by atoms with Gasteiger partial charge in [0.05, 0.1) is 23.8 Å². The van der Waals surface area contributed by atoms with Gasteiger partial charge in [0.2, 0.25) is 10.0 Å². The number of hydrogen-bond acceptors (Lipinski definition) is 5. The van der Waals surface area contributed by atoms with Crippen molar-refractivity contribution in [3.63, 3.8) is 0 Å². The molecule has 1 aromatic carbocycles. The molecule has 100 valence electrons. The molecule has 0 bridgehead atoms. The summed E-state index contributed by atoms with van der Waals surface area (Å²) < 4.78 is 33.4. The van der Waals surface area contributed by atoms with E-state index in [1.54, 1.807) is 0 Å². The molecule has 4 N–H and O–H groups in total. The van der Waals surface area contributed by atoms with Crippen LogP contribution >= 0.6 is 0 Å². The summed E-state index contributed by atoms with van der Waals surface area (Å²) in [6.07, 6.45) is 1.52. The second-order valence-electron chi connectivity index (χ2n) is 4.17. The molecule has 6 nitrogen and oxygen atoms in total. The van der Waals surface area contributed by atoms with E-state index in [9.17, 15) is 8.42 Å². The maximum Gasteiger partial charge on any atom is 0.238 e. The fraction of sp³-hybridized carbons (Fsp3) is 0.455. The van der Waals surface area contributed by atoms with Gasteiger partial charge in [0.25, 0.3) is 0 Å². The molecule has 2 rings (SSSR count). The largest absolute Gasteiger partial charge is 0.488 e. The minimum Gasteiger partial charge on any atom is -0.488 e. The second kappa shape index (κ2) is 5.13. The van der Waals surface area contributed by atoms with Gasteiger partial charge in [-0.15, -0.1) is 0 Å². The molecule has 1 heterocycles. The first kappa shape index (κ1) is 13.1. The van der Waals surface area contributed by atoms with Crippen LogP contribution in [0.4, 0.5) is 5.69 Å². The Hall–Kier alpha value is -1.31. The maximum atomic E-state index is 11.3. The summed E-state index contributed by atoms with van der Waals surface area (Å²) >= 11 is 0. The third kappa shape index (κ3) is 3.12. The summed E-state index contributed by atoms with van der Waals surface area (Å²) in [6, 6.07) is 4.20. The Morgan fingerprint density at radius 2 is 1.94 bits per heavy atom. The van der Waals surface area contributed by atoms with E-state index in [-0.39, 0.29) is 11.0 Å². The number of sulfonamides is 1. The number of hydrogen-bond donors (Lipinski definition) is 2. The smallest absolute Gasteiger partial charge is 0.238 e. The predicted octanol–water partition coefficient (Wildman–Crippen LogP) is 0.474. The van der Waals surface area contributed by atoms with Crippen molar-refractivity contribution >= 4 is 15.7 Å². The number of ether oxygens (including phenoxy) is 2. The zero-order valence-corrected chi connectivity index (χ0v) is 10.7. The zero-order valence-electron chi connectivity index (χ0n) is 9.83. The maximum absolute atomic E-state index is 11.3. The van der Waals surface area contributed by atoms with Gasteiger partial charge in [-0.1, -0.05) is 0 Å². The lowest BCUT2D eigenvalue weighted by Gasteiger charge is -2.24. The molecule has 0 amide bonds. The molecule has 0 spiro atoms. The summed E-state index contributed by atoms with van der Waals surface area (Å²) in [5.41, 5.74) is 6.16. The van der Waals surface area contributed by atoms with E-state index in [1.807, 2.05) is 0 Å². The molecule has 0 atom stereocenters. The molecule has 0 aliphatic carbocycles. The first-order valence-electron chi connectivity index (χ1n) is 5.63. The Bertz CT molecular complexity index is 524. The number of nitrogens with two attached hydrogens (primary N) is 2. The van der Waals surface area contributed by atoms with Gasteiger partial charge in [-0.2, -0.15) is 0 Å². The van der Waals surface area contributed by atoms with Crippen LogP contribution in [-0.4, -0.2) is 27.7 Å². The summed E-state index contributed by atoms with van der Waals surface area (Å²) in [5, 5.41) is 5.06. The van der Waals surface area contributed by atoms with Crippen molar-refractivity contribution in [3.05, 3.63) is 18.2 Å². The van der Waals surface area contributed by atoms with E-state index >= 15 is 0 Å². The predicted molar refractivity (Wildman–Crippen MR) is 66.7 cm³/mol. The third-order valence-electron chi connectivity index (χ3n) is 2.78. The van der Waals surface area contributed by atoms with Crippen molar-refractivity contribution in [1.29, 1.82) is 0 Å². The molecule has 0 saturated carbocycles. The van der Waals surface area contributed by atoms with Crippen molar-refractivity contribution in [2.24, 2.45) is 5.14 Å². The SMILES string of the molecule is Nc1ccc(S(N)(=O)=O)cc1OC1CCOCC1. The number of primary sulfonamides is 1. The quantitative estimate of drug-likeness (QED) is 0.778. The van der Waals surface area contributed by atoms with Crippen molar-refractivity contribution in [2.45, 2.75) is 23.8 Å². The van der Waals surface area contributed by atoms with Crippen molar-refractivity contribution in [2.75, 3.05) is 18.9 Å². The Balaban J connectivity index is 2.21. The van der Waals surface area contributed by atoms with Gasteiger partial charge in [-0.3, -0.25) is 0 Å². The van der Waals surface area contributed by atoms with Crippen LogP contribution in [0.15, 0.2) is 23.1 Å². The lowest BCUT2D eigenvalue weighted by atomic mass is 10.1. The summed E-state index contributed by atoms with van der Waals surface area (Å²) in [6.45, 7) is 1.28. The first-order valence-corrected chi connectivity index (χ1v) is 7.18. The average molecular weight is 272 g/mol. The molecular weight excluding hydrogens is 256 g/mol. The molecule has 1 fully saturated rings. The molecule has 7 heteroatoms. The lowest BCUT2D eigenvalue weighted by molar-refractivity contribution is 0.0258. The van der Waals surface area contributed by atoms with E-state index in [4.69, 9.17) is 20.3 Å². The van der Waals surface area contributed by atoms with Crippen LogP contribution in [0, 0.1) is 0 Å². The van der Waals surface area contributed by atoms with Crippen molar-refractivity contribution in [1.82, 2.24) is 0 Å². The lowest BCUT2D eigenvalue weighted by Crippen LogP contribution is -2.26. The van der Waals surface area contributed by atoms with Gasteiger partial charge >= 0.3 is 0 Å². The van der Waals surface area contributed by atoms with Crippen molar-refractivity contribution < 1.29 is 17.9 Å². The number of rotatable bonds is 3. The summed E-state index contributed by atoms with van der Waals surface area (Å²) in [5.74, 6) is 0.355. The fourth-order valence-electron chi connectivity index (χ4n) is 1.77. The third-order valence-corrected chi connectivity index (χ3v) is 3.69. The Kier molecular flexibility index (Phi) is 3.74. The Labute approximate surface area is 106 Å². The van der Waals surface area contributed by atoms with Gasteiger partial charge < -0.3 is 15.2 Å². The molecule has 0 aromatic heterocycles. The molecule has 0 radical (unpaired) electrons. The molecule has 1 aromatic rings. The van der Waals surface area contributed by atoms with Gasteiger partial charge in [0, 0.05) is 18.9 Å². The fourth-order valence-corrected chi connectivity index (χ4v) is 2.30. The van der Waals surface area contributed by atoms with E-state index < -0.39 is 10.0 Å². The first-order chi connectivity index (χ1) is 8.47. The van der Waals surface area contributed by atoms with Crippen LogP contribution in [0.2, 0.25) is 0 Å². The van der Waals surface area contributed by atoms with Crippen LogP contribution in [0.1, 0.15) is 12.8 Å². The summed E-state index contributed by atoms with van der Waals surface area (Å²) in [7, 11) is -3.74. The highest BCUT2D eigenvalue weighted by molar-refractivity contribution is 7.89. The van der Waals surface area contributed by atoms with Gasteiger partial charge in [0.1, 0.15) is 11.9 Å². The highest BCUT2D eigenvalue weighted by atomic mass is 32.2. The topological polar surface area (TPSA) is 105 Å². The highest BCUT2D eigenvalue weighted by Gasteiger charge is 2.18. The Morgan fingerprint density at radius 3 is 2.56 bits per heavy atom. The van der Waals surface area contributed by atoms with Gasteiger partial charge in [0.15, 0.2) is 0 Å². The van der Waals surface area contributed by atoms with Gasteiger partial charge in [-0.05, 0) is 12.1 Å². The van der Waals surface area contributed by atoms with Crippen LogP contribution in [0.25, 0.3) is 0 Å². The second-order valence-corrected chi connectivity index (χ2v) is 5.74. The van der Waals surface area contributed by atoms with Crippen LogP contribution < -0.4 is 15.6 Å². The van der Waals surface area contributed by atoms with E-state index in [2.05, 4.69) is 0 Å². The molecule has 0 unspecified atom stereocenters. The average Bonchev–Trinajstić information content (AvgIpc) is 2.32. The van der Waals surface area contributed by atoms with Crippen LogP contribution in [0.3, 0.4) is 0 Å². The Morgan fingerprint density at radius 1 is 1.28 bits per heavy atom. The standard InChI is InChI=1S/C11H16N2O4S/c12-10-2-1-9(18(13,14)15)7-11(10)17-8-3-5-16-6-4-8/h1-2,7-8H,3-6,12H2,(H2,13,14,15). The van der Waals surface area contributed by atoms with E-state index in [1.165, 1.54) is 18.2 Å². The molecular formula is C11H16N2O4S.